The van der Waals surface area contributed by atoms with Crippen molar-refractivity contribution in [1.29, 1.82) is 0 Å². The molecule has 0 aromatic heterocycles. The minimum Gasteiger partial charge on any atom is -0.388 e. The summed E-state index contributed by atoms with van der Waals surface area (Å²) in [5.74, 6) is 0. The van der Waals surface area contributed by atoms with Crippen LogP contribution < -0.4 is 0 Å². The van der Waals surface area contributed by atoms with Gasteiger partial charge in [-0.05, 0) is 52.4 Å². The Balaban J connectivity index is 2.04. The highest BCUT2D eigenvalue weighted by Crippen LogP contribution is 2.22. The zero-order valence-electron chi connectivity index (χ0n) is 11.3. The molecule has 0 aliphatic carbocycles. The fraction of sp³-hybridized carbons (Fsp3) is 0.857. The van der Waals surface area contributed by atoms with E-state index in [9.17, 15) is 10.2 Å². The van der Waals surface area contributed by atoms with E-state index >= 15 is 0 Å². The normalized spacial score (nSPS) is 32.4. The smallest absolute Gasteiger partial charge is 0.120 e. The molecule has 0 spiro atoms. The van der Waals surface area contributed by atoms with Gasteiger partial charge < -0.3 is 10.2 Å². The van der Waals surface area contributed by atoms with Gasteiger partial charge in [-0.1, -0.05) is 0 Å². The molecule has 2 rings (SSSR count). The van der Waals surface area contributed by atoms with Gasteiger partial charge in [0.05, 0.1) is 6.04 Å². The van der Waals surface area contributed by atoms with Crippen LogP contribution >= 0.6 is 0 Å². The molecule has 0 saturated heterocycles. The van der Waals surface area contributed by atoms with Crippen LogP contribution in [-0.2, 0) is 0 Å². The molecular formula is C14H24N2O2. The number of rotatable bonds is 3. The van der Waals surface area contributed by atoms with Crippen molar-refractivity contribution >= 4 is 11.4 Å². The summed E-state index contributed by atoms with van der Waals surface area (Å²) in [6.45, 7) is 4.05. The first kappa shape index (κ1) is 13.7. The number of hydrogen-bond donors (Lipinski definition) is 2. The first-order chi connectivity index (χ1) is 8.58. The molecule has 0 bridgehead atoms. The lowest BCUT2D eigenvalue weighted by Crippen LogP contribution is -2.43. The molecule has 0 fully saturated rings. The predicted molar refractivity (Wildman–Crippen MR) is 73.5 cm³/mol. The molecule has 0 aromatic carbocycles. The maximum atomic E-state index is 10.3. The summed E-state index contributed by atoms with van der Waals surface area (Å²) in [5, 5.41) is 20.5. The van der Waals surface area contributed by atoms with Gasteiger partial charge in [-0.25, -0.2) is 0 Å². The van der Waals surface area contributed by atoms with Gasteiger partial charge in [-0.15, -0.1) is 0 Å². The third-order valence-corrected chi connectivity index (χ3v) is 3.92. The monoisotopic (exact) mass is 252 g/mol. The van der Waals surface area contributed by atoms with Gasteiger partial charge in [0, 0.05) is 17.5 Å². The fourth-order valence-corrected chi connectivity index (χ4v) is 2.85. The van der Waals surface area contributed by atoms with Gasteiger partial charge in [0.1, 0.15) is 12.2 Å². The summed E-state index contributed by atoms with van der Waals surface area (Å²) >= 11 is 0. The van der Waals surface area contributed by atoms with Crippen molar-refractivity contribution in [3.63, 3.8) is 0 Å². The Morgan fingerprint density at radius 1 is 1.11 bits per heavy atom. The zero-order chi connectivity index (χ0) is 13.1. The molecule has 18 heavy (non-hydrogen) atoms. The first-order valence-corrected chi connectivity index (χ1v) is 7.04. The summed E-state index contributed by atoms with van der Waals surface area (Å²) < 4.78 is 0. The van der Waals surface area contributed by atoms with Crippen molar-refractivity contribution in [3.8, 4) is 0 Å². The molecule has 4 nitrogen and oxygen atoms in total. The average molecular weight is 252 g/mol. The minimum absolute atomic E-state index is 0.159. The molecule has 4 unspecified atom stereocenters. The Kier molecular flexibility index (Phi) is 4.51. The average Bonchev–Trinajstić information content (AvgIpc) is 2.37. The van der Waals surface area contributed by atoms with Crippen LogP contribution in [0.3, 0.4) is 0 Å². The highest BCUT2D eigenvalue weighted by Gasteiger charge is 2.31. The van der Waals surface area contributed by atoms with E-state index in [4.69, 9.17) is 0 Å². The van der Waals surface area contributed by atoms with Crippen molar-refractivity contribution in [2.45, 2.75) is 76.7 Å². The summed E-state index contributed by atoms with van der Waals surface area (Å²) in [7, 11) is 0. The topological polar surface area (TPSA) is 65.2 Å². The van der Waals surface area contributed by atoms with E-state index in [1.54, 1.807) is 0 Å². The Hall–Kier alpha value is -0.740. The van der Waals surface area contributed by atoms with Crippen LogP contribution in [0.15, 0.2) is 9.98 Å². The highest BCUT2D eigenvalue weighted by atomic mass is 16.3. The lowest BCUT2D eigenvalue weighted by molar-refractivity contribution is 0.0374. The zero-order valence-corrected chi connectivity index (χ0v) is 11.3. The van der Waals surface area contributed by atoms with Crippen LogP contribution in [0.5, 0.6) is 0 Å². The first-order valence-electron chi connectivity index (χ1n) is 7.04. The van der Waals surface area contributed by atoms with Crippen LogP contribution in [0.1, 0.15) is 52.4 Å². The second-order valence-corrected chi connectivity index (χ2v) is 5.62. The van der Waals surface area contributed by atoms with Crippen LogP contribution in [0.4, 0.5) is 0 Å². The Bertz CT molecular complexity index is 352. The Morgan fingerprint density at radius 3 is 2.50 bits per heavy atom. The number of aliphatic hydroxyl groups is 2. The van der Waals surface area contributed by atoms with Crippen molar-refractivity contribution in [2.75, 3.05) is 0 Å². The standard InChI is InChI=1S/C14H24N2O2/c1-9-5-3-7-11(15-9)13(17)14(18)12-8-4-6-10(2)16-12/h9,12-14,17-18H,3-8H2,1-2H3. The molecule has 0 saturated carbocycles. The largest absolute Gasteiger partial charge is 0.388 e. The molecule has 2 aliphatic heterocycles. The van der Waals surface area contributed by atoms with E-state index in [0.29, 0.717) is 0 Å². The van der Waals surface area contributed by atoms with E-state index in [-0.39, 0.29) is 12.1 Å². The van der Waals surface area contributed by atoms with Crippen LogP contribution in [0, 0.1) is 0 Å². The molecule has 2 heterocycles. The summed E-state index contributed by atoms with van der Waals surface area (Å²) in [6.07, 6.45) is 4.21. The van der Waals surface area contributed by atoms with Gasteiger partial charge in [-0.3, -0.25) is 9.98 Å². The number of hydrogen-bond acceptors (Lipinski definition) is 4. The number of aliphatic imine (C=N–C) groups is 2. The van der Waals surface area contributed by atoms with Gasteiger partial charge in [-0.2, -0.15) is 0 Å². The van der Waals surface area contributed by atoms with Crippen LogP contribution in [0.25, 0.3) is 0 Å². The molecule has 102 valence electrons. The second kappa shape index (κ2) is 5.93. The van der Waals surface area contributed by atoms with E-state index in [1.807, 2.05) is 6.92 Å². The summed E-state index contributed by atoms with van der Waals surface area (Å²) in [4.78, 5) is 8.94. The van der Waals surface area contributed by atoms with Crippen LogP contribution in [-0.4, -0.2) is 45.9 Å². The highest BCUT2D eigenvalue weighted by molar-refractivity contribution is 5.90. The minimum atomic E-state index is -0.840. The third kappa shape index (κ3) is 3.18. The molecular weight excluding hydrogens is 228 g/mol. The molecule has 2 N–H and O–H groups in total. The van der Waals surface area contributed by atoms with Gasteiger partial charge in [0.15, 0.2) is 0 Å². The van der Waals surface area contributed by atoms with Gasteiger partial charge in [0.2, 0.25) is 0 Å². The van der Waals surface area contributed by atoms with E-state index in [0.717, 1.165) is 49.9 Å². The maximum absolute atomic E-state index is 10.3. The maximum Gasteiger partial charge on any atom is 0.120 e. The van der Waals surface area contributed by atoms with Gasteiger partial charge in [0.25, 0.3) is 0 Å². The summed E-state index contributed by atoms with van der Waals surface area (Å²) in [6, 6.07) is 0.112. The molecule has 4 atom stereocenters. The fourth-order valence-electron chi connectivity index (χ4n) is 2.85. The van der Waals surface area contributed by atoms with Gasteiger partial charge >= 0.3 is 0 Å². The predicted octanol–water partition coefficient (Wildman–Crippen LogP) is 1.74. The molecule has 0 aromatic rings. The van der Waals surface area contributed by atoms with E-state index in [1.165, 1.54) is 0 Å². The van der Waals surface area contributed by atoms with Crippen molar-refractivity contribution in [1.82, 2.24) is 0 Å². The quantitative estimate of drug-likeness (QED) is 0.803. The Labute approximate surface area is 109 Å². The Morgan fingerprint density at radius 2 is 1.83 bits per heavy atom. The number of aliphatic hydroxyl groups excluding tert-OH is 2. The number of nitrogens with zero attached hydrogens (tertiary/aromatic N) is 2. The van der Waals surface area contributed by atoms with Crippen molar-refractivity contribution in [3.05, 3.63) is 0 Å². The lowest BCUT2D eigenvalue weighted by Gasteiger charge is -2.29. The van der Waals surface area contributed by atoms with Crippen molar-refractivity contribution in [2.24, 2.45) is 9.98 Å². The third-order valence-electron chi connectivity index (χ3n) is 3.92. The second-order valence-electron chi connectivity index (χ2n) is 5.62. The van der Waals surface area contributed by atoms with Crippen molar-refractivity contribution < 1.29 is 10.2 Å². The summed E-state index contributed by atoms with van der Waals surface area (Å²) in [5.41, 5.74) is 1.84. The lowest BCUT2D eigenvalue weighted by atomic mass is 9.91. The SMILES string of the molecule is CC1=NC(C(O)C(O)C2=NC(C)CCC2)CCC1. The van der Waals surface area contributed by atoms with E-state index < -0.39 is 12.2 Å². The molecule has 4 heteroatoms. The van der Waals surface area contributed by atoms with E-state index in [2.05, 4.69) is 16.9 Å². The van der Waals surface area contributed by atoms with Crippen LogP contribution in [0.2, 0.25) is 0 Å². The molecule has 2 aliphatic rings. The molecule has 0 amide bonds. The molecule has 0 radical (unpaired) electrons.